The summed E-state index contributed by atoms with van der Waals surface area (Å²) < 4.78 is 5.91. The quantitative estimate of drug-likeness (QED) is 0.174. The molecule has 0 saturated carbocycles. The van der Waals surface area contributed by atoms with Gasteiger partial charge in [-0.15, -0.1) is 0 Å². The molecule has 1 nitrogen and oxygen atoms in total. The van der Waals surface area contributed by atoms with Crippen molar-refractivity contribution < 1.29 is 4.43 Å². The number of unbranched alkanes of at least 4 members (excludes halogenated alkanes) is 16. The molecule has 0 bridgehead atoms. The summed E-state index contributed by atoms with van der Waals surface area (Å²) in [4.78, 5) is 0. The molecule has 0 atom stereocenters. The van der Waals surface area contributed by atoms with E-state index in [0.717, 1.165) is 6.61 Å². The predicted octanol–water partition coefficient (Wildman–Crippen LogP) is 8.44. The van der Waals surface area contributed by atoms with Crippen LogP contribution in [0.2, 0.25) is 12.1 Å². The van der Waals surface area contributed by atoms with Crippen molar-refractivity contribution in [2.75, 3.05) is 6.61 Å². The Kier molecular flexibility index (Phi) is 17.6. The van der Waals surface area contributed by atoms with E-state index in [2.05, 4.69) is 6.92 Å². The summed E-state index contributed by atoms with van der Waals surface area (Å²) in [6.45, 7) is 3.36. The molecule has 2 heteroatoms. The fourth-order valence-corrected chi connectivity index (χ4v) is 6.22. The maximum Gasteiger partial charge on any atom is 0.211 e. The van der Waals surface area contributed by atoms with E-state index in [-0.39, 0.29) is 9.04 Å². The van der Waals surface area contributed by atoms with E-state index >= 15 is 0 Å². The van der Waals surface area contributed by atoms with Gasteiger partial charge >= 0.3 is 0 Å². The molecule has 1 aliphatic heterocycles. The van der Waals surface area contributed by atoms with Gasteiger partial charge in [0.25, 0.3) is 0 Å². The highest BCUT2D eigenvalue weighted by molar-refractivity contribution is 6.51. The van der Waals surface area contributed by atoms with Gasteiger partial charge in [0.15, 0.2) is 0 Å². The van der Waals surface area contributed by atoms with Crippen LogP contribution in [0.25, 0.3) is 0 Å². The van der Waals surface area contributed by atoms with Crippen LogP contribution in [0.5, 0.6) is 0 Å². The Labute approximate surface area is 161 Å². The van der Waals surface area contributed by atoms with Crippen LogP contribution in [0.1, 0.15) is 129 Å². The third-order valence-electron chi connectivity index (χ3n) is 5.72. The van der Waals surface area contributed by atoms with E-state index in [1.807, 2.05) is 0 Å². The molecule has 0 unspecified atom stereocenters. The van der Waals surface area contributed by atoms with Crippen molar-refractivity contribution in [2.24, 2.45) is 0 Å². The monoisotopic (exact) mass is 367 g/mol. The highest BCUT2D eigenvalue weighted by Crippen LogP contribution is 2.18. The topological polar surface area (TPSA) is 9.23 Å². The van der Waals surface area contributed by atoms with E-state index in [9.17, 15) is 0 Å². The Morgan fingerprint density at radius 1 is 0.560 bits per heavy atom. The minimum atomic E-state index is -0.368. The molecule has 1 rings (SSSR count). The van der Waals surface area contributed by atoms with Crippen molar-refractivity contribution >= 4 is 9.04 Å². The maximum absolute atomic E-state index is 5.91. The normalized spacial score (nSPS) is 15.7. The van der Waals surface area contributed by atoms with Crippen molar-refractivity contribution in [3.8, 4) is 0 Å². The lowest BCUT2D eigenvalue weighted by atomic mass is 10.0. The zero-order chi connectivity index (χ0) is 17.8. The van der Waals surface area contributed by atoms with E-state index in [1.165, 1.54) is 134 Å². The molecule has 149 valence electrons. The fraction of sp³-hybridized carbons (Fsp3) is 1.00. The molecular weight excluding hydrogens is 320 g/mol. The van der Waals surface area contributed by atoms with Crippen LogP contribution in [0, 0.1) is 0 Å². The predicted molar refractivity (Wildman–Crippen MR) is 115 cm³/mol. The van der Waals surface area contributed by atoms with Gasteiger partial charge in [-0.3, -0.25) is 0 Å². The van der Waals surface area contributed by atoms with E-state index in [1.54, 1.807) is 0 Å². The first-order chi connectivity index (χ1) is 12.4. The average molecular weight is 368 g/mol. The molecule has 0 aromatic carbocycles. The highest BCUT2D eigenvalue weighted by atomic mass is 28.3. The first-order valence-corrected chi connectivity index (χ1v) is 13.7. The van der Waals surface area contributed by atoms with Gasteiger partial charge in [-0.05, 0) is 18.5 Å². The summed E-state index contributed by atoms with van der Waals surface area (Å²) in [7, 11) is -0.368. The average Bonchev–Trinajstić information content (AvgIpc) is 2.65. The minimum absolute atomic E-state index is 0.368. The van der Waals surface area contributed by atoms with Crippen LogP contribution < -0.4 is 0 Å². The summed E-state index contributed by atoms with van der Waals surface area (Å²) >= 11 is 0. The number of rotatable bonds is 18. The summed E-state index contributed by atoms with van der Waals surface area (Å²) in [6.07, 6.45) is 27.7. The standard InChI is InChI=1S/C23H47OSi/c1-2-3-4-5-6-7-8-9-10-11-12-13-14-15-16-17-19-22-25-23-20-18-21-24-25/h2-23H2,1H3. The van der Waals surface area contributed by atoms with Gasteiger partial charge in [-0.2, -0.15) is 0 Å². The highest BCUT2D eigenvalue weighted by Gasteiger charge is 2.16. The Morgan fingerprint density at radius 2 is 1.00 bits per heavy atom. The number of hydrogen-bond acceptors (Lipinski definition) is 1. The molecule has 1 aliphatic rings. The fourth-order valence-electron chi connectivity index (χ4n) is 3.96. The van der Waals surface area contributed by atoms with Crippen LogP contribution in [0.3, 0.4) is 0 Å². The zero-order valence-electron chi connectivity index (χ0n) is 17.5. The third-order valence-corrected chi connectivity index (χ3v) is 8.15. The lowest BCUT2D eigenvalue weighted by Crippen LogP contribution is -2.22. The third kappa shape index (κ3) is 16.1. The van der Waals surface area contributed by atoms with Gasteiger partial charge in [0.05, 0.1) is 0 Å². The lowest BCUT2D eigenvalue weighted by molar-refractivity contribution is 0.285. The summed E-state index contributed by atoms with van der Waals surface area (Å²) in [6, 6.07) is 2.84. The smallest absolute Gasteiger partial charge is 0.211 e. The molecule has 1 fully saturated rings. The largest absolute Gasteiger partial charge is 0.417 e. The molecule has 0 spiro atoms. The Balaban J connectivity index is 1.65. The van der Waals surface area contributed by atoms with Crippen molar-refractivity contribution in [3.05, 3.63) is 0 Å². The Morgan fingerprint density at radius 3 is 1.40 bits per heavy atom. The van der Waals surface area contributed by atoms with Crippen LogP contribution >= 0.6 is 0 Å². The summed E-state index contributed by atoms with van der Waals surface area (Å²) in [5.74, 6) is 0. The van der Waals surface area contributed by atoms with Crippen LogP contribution in [0.4, 0.5) is 0 Å². The zero-order valence-corrected chi connectivity index (χ0v) is 18.5. The van der Waals surface area contributed by atoms with Crippen molar-refractivity contribution in [1.29, 1.82) is 0 Å². The molecule has 0 aromatic heterocycles. The van der Waals surface area contributed by atoms with Crippen molar-refractivity contribution in [3.63, 3.8) is 0 Å². The lowest BCUT2D eigenvalue weighted by Gasteiger charge is -2.19. The SMILES string of the molecule is CCCCCCCCCCCCCCCCCCC[Si]1CCCCO1. The van der Waals surface area contributed by atoms with Crippen LogP contribution in [0.15, 0.2) is 0 Å². The van der Waals surface area contributed by atoms with E-state index in [4.69, 9.17) is 4.43 Å². The molecule has 1 saturated heterocycles. The second kappa shape index (κ2) is 19.0. The second-order valence-corrected chi connectivity index (χ2v) is 10.6. The summed E-state index contributed by atoms with van der Waals surface area (Å²) in [5.41, 5.74) is 0. The first kappa shape index (κ1) is 23.2. The maximum atomic E-state index is 5.91. The van der Waals surface area contributed by atoms with Crippen LogP contribution in [-0.2, 0) is 4.43 Å². The minimum Gasteiger partial charge on any atom is -0.417 e. The summed E-state index contributed by atoms with van der Waals surface area (Å²) in [5, 5.41) is 0. The molecule has 25 heavy (non-hydrogen) atoms. The van der Waals surface area contributed by atoms with Gasteiger partial charge in [0.2, 0.25) is 9.04 Å². The van der Waals surface area contributed by atoms with Gasteiger partial charge in [0, 0.05) is 6.61 Å². The van der Waals surface area contributed by atoms with E-state index in [0.29, 0.717) is 0 Å². The van der Waals surface area contributed by atoms with Gasteiger partial charge in [0.1, 0.15) is 0 Å². The van der Waals surface area contributed by atoms with Gasteiger partial charge in [-0.25, -0.2) is 0 Å². The Hall–Kier alpha value is 0.177. The van der Waals surface area contributed by atoms with Gasteiger partial charge < -0.3 is 4.43 Å². The van der Waals surface area contributed by atoms with E-state index < -0.39 is 0 Å². The van der Waals surface area contributed by atoms with Crippen LogP contribution in [-0.4, -0.2) is 15.6 Å². The Bertz CT molecular complexity index is 250. The van der Waals surface area contributed by atoms with Crippen molar-refractivity contribution in [2.45, 2.75) is 141 Å². The molecule has 0 aromatic rings. The molecular formula is C23H47OSi. The second-order valence-electron chi connectivity index (χ2n) is 8.25. The molecule has 1 heterocycles. The van der Waals surface area contributed by atoms with Gasteiger partial charge in [-0.1, -0.05) is 122 Å². The molecule has 0 aliphatic carbocycles. The number of hydrogen-bond donors (Lipinski definition) is 0. The first-order valence-electron chi connectivity index (χ1n) is 11.9. The molecule has 1 radical (unpaired) electrons. The van der Waals surface area contributed by atoms with Crippen molar-refractivity contribution in [1.82, 2.24) is 0 Å². The molecule has 0 N–H and O–H groups in total. The molecule has 0 amide bonds.